The number of methoxy groups -OCH3 is 1. The Morgan fingerprint density at radius 2 is 2.35 bits per heavy atom. The number of hydrogen-bond donors (Lipinski definition) is 1. The summed E-state index contributed by atoms with van der Waals surface area (Å²) >= 11 is 0. The summed E-state index contributed by atoms with van der Waals surface area (Å²) in [5.74, 6) is 2.51. The highest BCUT2D eigenvalue weighted by molar-refractivity contribution is 5.07. The molecule has 2 aromatic heterocycles. The average Bonchev–Trinajstić information content (AvgIpc) is 3.11. The van der Waals surface area contributed by atoms with Crippen LogP contribution in [0.1, 0.15) is 35.6 Å². The lowest BCUT2D eigenvalue weighted by atomic mass is 10.2. The second-order valence-corrected chi connectivity index (χ2v) is 5.25. The molecular weight excluding hydrogens is 258 g/mol. The third-order valence-corrected chi connectivity index (χ3v) is 3.65. The SMILES string of the molecule is CO[C@@H]1C[C@@H](c2n[nH]c(C)n2)N(Cc2cc(C)no2)C1. The van der Waals surface area contributed by atoms with Gasteiger partial charge in [-0.2, -0.15) is 5.10 Å². The third-order valence-electron chi connectivity index (χ3n) is 3.65. The second kappa shape index (κ2) is 5.34. The number of aryl methyl sites for hydroxylation is 2. The quantitative estimate of drug-likeness (QED) is 0.909. The van der Waals surface area contributed by atoms with Gasteiger partial charge in [0.15, 0.2) is 11.6 Å². The average molecular weight is 277 g/mol. The monoisotopic (exact) mass is 277 g/mol. The molecule has 108 valence electrons. The first-order valence-corrected chi connectivity index (χ1v) is 6.73. The van der Waals surface area contributed by atoms with Crippen molar-refractivity contribution in [3.63, 3.8) is 0 Å². The Kier molecular flexibility index (Phi) is 3.54. The van der Waals surface area contributed by atoms with E-state index in [0.717, 1.165) is 36.1 Å². The van der Waals surface area contributed by atoms with Gasteiger partial charge in [-0.05, 0) is 20.3 Å². The molecule has 0 spiro atoms. The fourth-order valence-corrected chi connectivity index (χ4v) is 2.68. The van der Waals surface area contributed by atoms with Crippen LogP contribution in [-0.4, -0.2) is 45.0 Å². The molecule has 20 heavy (non-hydrogen) atoms. The molecule has 0 amide bonds. The minimum absolute atomic E-state index is 0.148. The van der Waals surface area contributed by atoms with E-state index in [1.807, 2.05) is 19.9 Å². The summed E-state index contributed by atoms with van der Waals surface area (Å²) < 4.78 is 10.8. The lowest BCUT2D eigenvalue weighted by Gasteiger charge is -2.19. The molecule has 1 saturated heterocycles. The zero-order valence-corrected chi connectivity index (χ0v) is 12.0. The van der Waals surface area contributed by atoms with E-state index >= 15 is 0 Å². The standard InChI is InChI=1S/C13H19N5O2/c1-8-4-11(20-17-8)7-18-6-10(19-3)5-12(18)13-14-9(2)15-16-13/h4,10,12H,5-7H2,1-3H3,(H,14,15,16)/t10-,12+/m1/s1. The highest BCUT2D eigenvalue weighted by Gasteiger charge is 2.36. The van der Waals surface area contributed by atoms with Crippen LogP contribution in [0.3, 0.4) is 0 Å². The molecule has 2 aromatic rings. The first kappa shape index (κ1) is 13.3. The van der Waals surface area contributed by atoms with Crippen molar-refractivity contribution in [2.24, 2.45) is 0 Å². The van der Waals surface area contributed by atoms with Crippen LogP contribution in [0.2, 0.25) is 0 Å². The van der Waals surface area contributed by atoms with E-state index in [-0.39, 0.29) is 12.1 Å². The Labute approximate surface area is 117 Å². The summed E-state index contributed by atoms with van der Waals surface area (Å²) in [6, 6.07) is 2.11. The Morgan fingerprint density at radius 3 is 2.95 bits per heavy atom. The number of aromatic nitrogens is 4. The van der Waals surface area contributed by atoms with Crippen molar-refractivity contribution in [3.05, 3.63) is 29.2 Å². The van der Waals surface area contributed by atoms with Gasteiger partial charge in [-0.25, -0.2) is 4.98 Å². The van der Waals surface area contributed by atoms with Gasteiger partial charge in [-0.15, -0.1) is 0 Å². The molecular formula is C13H19N5O2. The fourth-order valence-electron chi connectivity index (χ4n) is 2.68. The summed E-state index contributed by atoms with van der Waals surface area (Å²) in [5, 5.41) is 11.1. The van der Waals surface area contributed by atoms with E-state index in [1.54, 1.807) is 7.11 Å². The number of nitrogens with zero attached hydrogens (tertiary/aromatic N) is 4. The number of hydrogen-bond acceptors (Lipinski definition) is 6. The summed E-state index contributed by atoms with van der Waals surface area (Å²) in [5.41, 5.74) is 0.896. The van der Waals surface area contributed by atoms with Gasteiger partial charge in [0.05, 0.1) is 24.4 Å². The van der Waals surface area contributed by atoms with Gasteiger partial charge in [0, 0.05) is 19.7 Å². The molecule has 0 aromatic carbocycles. The second-order valence-electron chi connectivity index (χ2n) is 5.25. The van der Waals surface area contributed by atoms with Crippen LogP contribution < -0.4 is 0 Å². The number of rotatable bonds is 4. The molecule has 1 fully saturated rings. The van der Waals surface area contributed by atoms with Crippen molar-refractivity contribution in [1.29, 1.82) is 0 Å². The topological polar surface area (TPSA) is 80.1 Å². The highest BCUT2D eigenvalue weighted by Crippen LogP contribution is 2.32. The maximum absolute atomic E-state index is 5.49. The summed E-state index contributed by atoms with van der Waals surface area (Å²) in [7, 11) is 1.74. The maximum atomic E-state index is 5.49. The van der Waals surface area contributed by atoms with Crippen LogP contribution in [0.5, 0.6) is 0 Å². The zero-order valence-electron chi connectivity index (χ0n) is 12.0. The summed E-state index contributed by atoms with van der Waals surface area (Å²) in [6.45, 7) is 5.36. The van der Waals surface area contributed by atoms with Crippen molar-refractivity contribution >= 4 is 0 Å². The molecule has 2 atom stereocenters. The number of aromatic amines is 1. The maximum Gasteiger partial charge on any atom is 0.167 e. The van der Waals surface area contributed by atoms with Crippen molar-refractivity contribution in [1.82, 2.24) is 25.2 Å². The van der Waals surface area contributed by atoms with Crippen molar-refractivity contribution in [2.75, 3.05) is 13.7 Å². The molecule has 0 unspecified atom stereocenters. The Morgan fingerprint density at radius 1 is 1.50 bits per heavy atom. The first-order valence-electron chi connectivity index (χ1n) is 6.73. The molecule has 3 rings (SSSR count). The fraction of sp³-hybridized carbons (Fsp3) is 0.615. The van der Waals surface area contributed by atoms with Gasteiger partial charge in [0.2, 0.25) is 0 Å². The van der Waals surface area contributed by atoms with Crippen LogP contribution in [0, 0.1) is 13.8 Å². The molecule has 1 N–H and O–H groups in total. The van der Waals surface area contributed by atoms with Crippen LogP contribution in [-0.2, 0) is 11.3 Å². The largest absolute Gasteiger partial charge is 0.380 e. The Balaban J connectivity index is 1.79. The first-order chi connectivity index (χ1) is 9.65. The Bertz CT molecular complexity index is 579. The summed E-state index contributed by atoms with van der Waals surface area (Å²) in [4.78, 5) is 6.72. The number of nitrogens with one attached hydrogen (secondary N) is 1. The smallest absolute Gasteiger partial charge is 0.167 e. The van der Waals surface area contributed by atoms with Crippen LogP contribution in [0.15, 0.2) is 10.6 Å². The van der Waals surface area contributed by atoms with E-state index < -0.39 is 0 Å². The Hall–Kier alpha value is -1.73. The van der Waals surface area contributed by atoms with E-state index in [9.17, 15) is 0 Å². The zero-order chi connectivity index (χ0) is 14.1. The number of likely N-dealkylation sites (tertiary alicyclic amines) is 1. The predicted molar refractivity (Wildman–Crippen MR) is 70.9 cm³/mol. The lowest BCUT2D eigenvalue weighted by Crippen LogP contribution is -2.25. The van der Waals surface area contributed by atoms with Crippen LogP contribution in [0.25, 0.3) is 0 Å². The van der Waals surface area contributed by atoms with Gasteiger partial charge in [-0.3, -0.25) is 10.00 Å². The molecule has 1 aliphatic heterocycles. The van der Waals surface area contributed by atoms with Crippen molar-refractivity contribution < 1.29 is 9.26 Å². The summed E-state index contributed by atoms with van der Waals surface area (Å²) in [6.07, 6.45) is 1.09. The van der Waals surface area contributed by atoms with Crippen molar-refractivity contribution in [2.45, 2.75) is 39.0 Å². The molecule has 0 bridgehead atoms. The highest BCUT2D eigenvalue weighted by atomic mass is 16.5. The van der Waals surface area contributed by atoms with E-state index in [1.165, 1.54) is 0 Å². The van der Waals surface area contributed by atoms with Crippen LogP contribution >= 0.6 is 0 Å². The molecule has 7 nitrogen and oxygen atoms in total. The van der Waals surface area contributed by atoms with E-state index in [2.05, 4.69) is 25.2 Å². The number of H-pyrrole nitrogens is 1. The molecule has 7 heteroatoms. The van der Waals surface area contributed by atoms with E-state index in [0.29, 0.717) is 6.54 Å². The molecule has 0 aliphatic carbocycles. The molecule has 0 saturated carbocycles. The number of ether oxygens (including phenoxy) is 1. The molecule has 0 radical (unpaired) electrons. The van der Waals surface area contributed by atoms with Gasteiger partial charge < -0.3 is 9.26 Å². The molecule has 1 aliphatic rings. The normalized spacial score (nSPS) is 23.6. The predicted octanol–water partition coefficient (Wildman–Crippen LogP) is 1.37. The van der Waals surface area contributed by atoms with Gasteiger partial charge in [0.1, 0.15) is 5.82 Å². The van der Waals surface area contributed by atoms with E-state index in [4.69, 9.17) is 9.26 Å². The van der Waals surface area contributed by atoms with Gasteiger partial charge in [0.25, 0.3) is 0 Å². The minimum Gasteiger partial charge on any atom is -0.380 e. The minimum atomic E-state index is 0.148. The lowest BCUT2D eigenvalue weighted by molar-refractivity contribution is 0.105. The molecule has 3 heterocycles. The van der Waals surface area contributed by atoms with Crippen molar-refractivity contribution in [3.8, 4) is 0 Å². The van der Waals surface area contributed by atoms with Gasteiger partial charge >= 0.3 is 0 Å². The van der Waals surface area contributed by atoms with Crippen LogP contribution in [0.4, 0.5) is 0 Å². The third kappa shape index (κ3) is 2.59. The van der Waals surface area contributed by atoms with Gasteiger partial charge in [-0.1, -0.05) is 5.16 Å².